The molecule has 1 aromatic carbocycles. The molecule has 0 unspecified atom stereocenters. The van der Waals surface area contributed by atoms with Gasteiger partial charge in [-0.3, -0.25) is 4.79 Å². The van der Waals surface area contributed by atoms with Crippen molar-refractivity contribution in [3.8, 4) is 0 Å². The van der Waals surface area contributed by atoms with Crippen molar-refractivity contribution in [2.45, 2.75) is 19.5 Å². The Morgan fingerprint density at radius 1 is 1.37 bits per heavy atom. The summed E-state index contributed by atoms with van der Waals surface area (Å²) >= 11 is 3.06. The summed E-state index contributed by atoms with van der Waals surface area (Å²) in [4.78, 5) is 21.9. The lowest BCUT2D eigenvalue weighted by Crippen LogP contribution is -2.31. The van der Waals surface area contributed by atoms with E-state index in [1.807, 2.05) is 0 Å². The number of benzene rings is 1. The standard InChI is InChI=1S/C11H9BrF3NO3/c1-2-5-3-6(12)4-7(9(17)18)8(5)16-10(19)11(13,14)15/h3-4H,2H2,1H3,(H,16,19)(H,17,18). The van der Waals surface area contributed by atoms with Crippen molar-refractivity contribution in [1.82, 2.24) is 0 Å². The minimum absolute atomic E-state index is 0.271. The number of carboxylic acid groups (broad SMARTS) is 1. The fraction of sp³-hybridized carbons (Fsp3) is 0.273. The Labute approximate surface area is 114 Å². The minimum atomic E-state index is -5.08. The van der Waals surface area contributed by atoms with E-state index in [1.54, 1.807) is 12.2 Å². The lowest BCUT2D eigenvalue weighted by molar-refractivity contribution is -0.167. The molecule has 0 saturated carbocycles. The molecule has 1 aromatic rings. The van der Waals surface area contributed by atoms with E-state index in [0.29, 0.717) is 10.0 Å². The van der Waals surface area contributed by atoms with Crippen molar-refractivity contribution in [2.24, 2.45) is 0 Å². The Balaban J connectivity index is 3.32. The van der Waals surface area contributed by atoms with Gasteiger partial charge < -0.3 is 10.4 Å². The van der Waals surface area contributed by atoms with Gasteiger partial charge in [-0.25, -0.2) is 4.79 Å². The van der Waals surface area contributed by atoms with Crippen molar-refractivity contribution in [2.75, 3.05) is 5.32 Å². The summed E-state index contributed by atoms with van der Waals surface area (Å²) in [5.74, 6) is -3.62. The second-order valence-corrected chi connectivity index (χ2v) is 4.51. The highest BCUT2D eigenvalue weighted by molar-refractivity contribution is 9.10. The Morgan fingerprint density at radius 3 is 2.37 bits per heavy atom. The van der Waals surface area contributed by atoms with E-state index < -0.39 is 23.6 Å². The number of amides is 1. The van der Waals surface area contributed by atoms with Crippen LogP contribution in [0.2, 0.25) is 0 Å². The molecule has 4 nitrogen and oxygen atoms in total. The molecule has 19 heavy (non-hydrogen) atoms. The third-order valence-corrected chi connectivity index (χ3v) is 2.75. The van der Waals surface area contributed by atoms with Gasteiger partial charge in [-0.15, -0.1) is 0 Å². The second-order valence-electron chi connectivity index (χ2n) is 3.60. The van der Waals surface area contributed by atoms with E-state index in [-0.39, 0.29) is 12.1 Å². The molecule has 0 aliphatic rings. The van der Waals surface area contributed by atoms with Crippen LogP contribution in [0.15, 0.2) is 16.6 Å². The smallest absolute Gasteiger partial charge is 0.471 e. The van der Waals surface area contributed by atoms with Crippen LogP contribution in [0.25, 0.3) is 0 Å². The fourth-order valence-electron chi connectivity index (χ4n) is 1.44. The quantitative estimate of drug-likeness (QED) is 0.888. The SMILES string of the molecule is CCc1cc(Br)cc(C(=O)O)c1NC(=O)C(F)(F)F. The lowest BCUT2D eigenvalue weighted by atomic mass is 10.0. The Morgan fingerprint density at radius 2 is 1.95 bits per heavy atom. The van der Waals surface area contributed by atoms with Crippen LogP contribution in [0.3, 0.4) is 0 Å². The highest BCUT2D eigenvalue weighted by atomic mass is 79.9. The van der Waals surface area contributed by atoms with Crippen molar-refractivity contribution in [3.05, 3.63) is 27.7 Å². The molecule has 0 aromatic heterocycles. The normalized spacial score (nSPS) is 11.2. The van der Waals surface area contributed by atoms with E-state index in [9.17, 15) is 22.8 Å². The summed E-state index contributed by atoms with van der Waals surface area (Å²) in [6, 6.07) is 2.59. The fourth-order valence-corrected chi connectivity index (χ4v) is 1.95. The molecule has 0 atom stereocenters. The number of anilines is 1. The zero-order valence-corrected chi connectivity index (χ0v) is 11.2. The summed E-state index contributed by atoms with van der Waals surface area (Å²) in [6.45, 7) is 1.64. The van der Waals surface area contributed by atoms with Gasteiger partial charge in [0.1, 0.15) is 0 Å². The average molecular weight is 340 g/mol. The van der Waals surface area contributed by atoms with E-state index in [0.717, 1.165) is 6.07 Å². The Kier molecular flexibility index (Phi) is 4.56. The first-order valence-corrected chi connectivity index (χ1v) is 5.90. The molecule has 0 saturated heterocycles. The number of aryl methyl sites for hydroxylation is 1. The number of carbonyl (C=O) groups excluding carboxylic acids is 1. The topological polar surface area (TPSA) is 66.4 Å². The van der Waals surface area contributed by atoms with Crippen LogP contribution in [0, 0.1) is 0 Å². The van der Waals surface area contributed by atoms with Gasteiger partial charge in [0.2, 0.25) is 0 Å². The predicted molar refractivity (Wildman–Crippen MR) is 65.2 cm³/mol. The molecule has 1 amide bonds. The molecule has 0 radical (unpaired) electrons. The van der Waals surface area contributed by atoms with E-state index >= 15 is 0 Å². The summed E-state index contributed by atoms with van der Waals surface area (Å²) in [5, 5.41) is 10.6. The number of rotatable bonds is 3. The van der Waals surface area contributed by atoms with Crippen LogP contribution in [0.4, 0.5) is 18.9 Å². The molecule has 0 bridgehead atoms. The van der Waals surface area contributed by atoms with Crippen LogP contribution in [-0.4, -0.2) is 23.2 Å². The van der Waals surface area contributed by atoms with E-state index in [2.05, 4.69) is 15.9 Å². The molecule has 1 rings (SSSR count). The first kappa shape index (κ1) is 15.5. The number of carboxylic acids is 1. The lowest BCUT2D eigenvalue weighted by Gasteiger charge is -2.14. The van der Waals surface area contributed by atoms with Gasteiger partial charge in [0.05, 0.1) is 11.3 Å². The number of carbonyl (C=O) groups is 2. The van der Waals surface area contributed by atoms with Crippen molar-refractivity contribution < 1.29 is 27.9 Å². The van der Waals surface area contributed by atoms with Gasteiger partial charge in [-0.2, -0.15) is 13.2 Å². The molecule has 0 fully saturated rings. The van der Waals surface area contributed by atoms with Crippen LogP contribution in [0.1, 0.15) is 22.8 Å². The monoisotopic (exact) mass is 339 g/mol. The van der Waals surface area contributed by atoms with Crippen molar-refractivity contribution in [3.63, 3.8) is 0 Å². The number of halogens is 4. The molecule has 0 aliphatic heterocycles. The van der Waals surface area contributed by atoms with Crippen molar-refractivity contribution >= 4 is 33.5 Å². The first-order chi connectivity index (χ1) is 8.66. The highest BCUT2D eigenvalue weighted by Gasteiger charge is 2.39. The zero-order chi connectivity index (χ0) is 14.8. The van der Waals surface area contributed by atoms with Gasteiger partial charge >= 0.3 is 18.1 Å². The molecule has 2 N–H and O–H groups in total. The van der Waals surface area contributed by atoms with Crippen LogP contribution in [-0.2, 0) is 11.2 Å². The van der Waals surface area contributed by atoms with Crippen molar-refractivity contribution in [1.29, 1.82) is 0 Å². The maximum Gasteiger partial charge on any atom is 0.471 e. The molecular weight excluding hydrogens is 331 g/mol. The Bertz CT molecular complexity index is 529. The van der Waals surface area contributed by atoms with Gasteiger partial charge in [-0.05, 0) is 24.1 Å². The van der Waals surface area contributed by atoms with Gasteiger partial charge in [0, 0.05) is 4.47 Å². The third-order valence-electron chi connectivity index (χ3n) is 2.29. The third kappa shape index (κ3) is 3.69. The van der Waals surface area contributed by atoms with Gasteiger partial charge in [0.25, 0.3) is 0 Å². The second kappa shape index (κ2) is 5.60. The minimum Gasteiger partial charge on any atom is -0.478 e. The van der Waals surface area contributed by atoms with Crippen LogP contribution in [0.5, 0.6) is 0 Å². The van der Waals surface area contributed by atoms with E-state index in [4.69, 9.17) is 5.11 Å². The van der Waals surface area contributed by atoms with Gasteiger partial charge in [-0.1, -0.05) is 22.9 Å². The maximum atomic E-state index is 12.2. The Hall–Kier alpha value is -1.57. The van der Waals surface area contributed by atoms with Crippen LogP contribution < -0.4 is 5.32 Å². The molecule has 0 aliphatic carbocycles. The maximum absolute atomic E-state index is 12.2. The van der Waals surface area contributed by atoms with Gasteiger partial charge in [0.15, 0.2) is 0 Å². The molecular formula is C11H9BrF3NO3. The predicted octanol–water partition coefficient (Wildman–Crippen LogP) is 3.21. The molecule has 104 valence electrons. The first-order valence-electron chi connectivity index (χ1n) is 5.10. The summed E-state index contributed by atoms with van der Waals surface area (Å²) in [5.41, 5.74) is -0.436. The average Bonchev–Trinajstić information content (AvgIpc) is 2.28. The van der Waals surface area contributed by atoms with Crippen LogP contribution >= 0.6 is 15.9 Å². The molecule has 0 spiro atoms. The van der Waals surface area contributed by atoms with E-state index in [1.165, 1.54) is 6.07 Å². The summed E-state index contributed by atoms with van der Waals surface area (Å²) in [6.07, 6.45) is -4.80. The number of aromatic carboxylic acids is 1. The molecule has 8 heteroatoms. The number of hydrogen-bond acceptors (Lipinski definition) is 2. The number of hydrogen-bond donors (Lipinski definition) is 2. The summed E-state index contributed by atoms with van der Waals surface area (Å²) in [7, 11) is 0. The molecule has 0 heterocycles. The highest BCUT2D eigenvalue weighted by Crippen LogP contribution is 2.29. The number of nitrogens with one attached hydrogen (secondary N) is 1. The number of alkyl halides is 3. The zero-order valence-electron chi connectivity index (χ0n) is 9.64. The largest absolute Gasteiger partial charge is 0.478 e. The summed E-state index contributed by atoms with van der Waals surface area (Å²) < 4.78 is 37.1.